The number of amides is 1. The van der Waals surface area contributed by atoms with Gasteiger partial charge >= 0.3 is 11.9 Å². The fourth-order valence-corrected chi connectivity index (χ4v) is 2.53. The number of carboxylic acids is 1. The molecule has 0 aliphatic heterocycles. The fraction of sp³-hybridized carbons (Fsp3) is 0.500. The Balaban J connectivity index is 3.04. The Morgan fingerprint density at radius 3 is 2.38 bits per heavy atom. The third-order valence-corrected chi connectivity index (χ3v) is 3.87. The highest BCUT2D eigenvalue weighted by molar-refractivity contribution is 5.86. The number of benzene rings is 1. The van der Waals surface area contributed by atoms with Gasteiger partial charge in [-0.25, -0.2) is 4.79 Å². The average Bonchev–Trinajstić information content (AvgIpc) is 2.68. The zero-order valence-corrected chi connectivity index (χ0v) is 16.2. The van der Waals surface area contributed by atoms with Crippen LogP contribution in [0.1, 0.15) is 24.8 Å². The van der Waals surface area contributed by atoms with Gasteiger partial charge in [-0.2, -0.15) is 0 Å². The first-order valence-electron chi connectivity index (χ1n) is 8.78. The number of rotatable bonds is 13. The van der Waals surface area contributed by atoms with E-state index in [0.29, 0.717) is 5.56 Å². The molecule has 1 aromatic carbocycles. The normalized spacial score (nSPS) is 12.6. The van der Waals surface area contributed by atoms with Crippen LogP contribution in [0.15, 0.2) is 24.3 Å². The van der Waals surface area contributed by atoms with Gasteiger partial charge in [0.1, 0.15) is 12.6 Å². The van der Waals surface area contributed by atoms with E-state index >= 15 is 0 Å². The number of esters is 1. The Morgan fingerprint density at radius 2 is 1.86 bits per heavy atom. The molecule has 160 valence electrons. The zero-order chi connectivity index (χ0) is 21.8. The van der Waals surface area contributed by atoms with Crippen molar-refractivity contribution in [3.63, 3.8) is 0 Å². The molecule has 0 aliphatic rings. The van der Waals surface area contributed by atoms with Crippen LogP contribution in [0.4, 0.5) is 5.69 Å². The average molecular weight is 412 g/mol. The summed E-state index contributed by atoms with van der Waals surface area (Å²) in [6, 6.07) is 3.61. The first kappa shape index (κ1) is 24.0. The zero-order valence-electron chi connectivity index (χ0n) is 16.2. The van der Waals surface area contributed by atoms with Gasteiger partial charge < -0.3 is 24.6 Å². The van der Waals surface area contributed by atoms with E-state index in [0.717, 1.165) is 0 Å². The lowest BCUT2D eigenvalue weighted by Gasteiger charge is -2.24. The number of carbonyl (C=O) groups is 3. The van der Waals surface area contributed by atoms with Crippen molar-refractivity contribution in [3.05, 3.63) is 39.9 Å². The van der Waals surface area contributed by atoms with Crippen molar-refractivity contribution in [3.8, 4) is 0 Å². The van der Waals surface area contributed by atoms with E-state index < -0.39 is 34.7 Å². The third-order valence-electron chi connectivity index (χ3n) is 3.87. The van der Waals surface area contributed by atoms with E-state index in [1.54, 1.807) is 6.92 Å². The topological polar surface area (TPSA) is 154 Å². The van der Waals surface area contributed by atoms with Crippen molar-refractivity contribution in [1.82, 2.24) is 5.32 Å². The molecule has 0 radical (unpaired) electrons. The Hall–Kier alpha value is -3.05. The summed E-state index contributed by atoms with van der Waals surface area (Å²) in [7, 11) is 1.47. The molecule has 0 aromatic heterocycles. The molecule has 0 aliphatic carbocycles. The van der Waals surface area contributed by atoms with E-state index in [4.69, 9.17) is 14.2 Å². The van der Waals surface area contributed by atoms with E-state index in [9.17, 15) is 29.6 Å². The van der Waals surface area contributed by atoms with E-state index in [1.165, 1.54) is 31.4 Å². The molecular weight excluding hydrogens is 388 g/mol. The number of carboxylic acid groups (broad SMARTS) is 1. The van der Waals surface area contributed by atoms with Gasteiger partial charge in [0.15, 0.2) is 0 Å². The number of nitrogens with zero attached hydrogens (tertiary/aromatic N) is 1. The van der Waals surface area contributed by atoms with Gasteiger partial charge in [-0.1, -0.05) is 12.1 Å². The SMILES string of the molecule is CCOC(=O)C[C@H](c1ccc([N+](=O)[O-])cc1)[C@@H](NC(=O)COCCOC)C(=O)O. The lowest BCUT2D eigenvalue weighted by molar-refractivity contribution is -0.384. The quantitative estimate of drug-likeness (QED) is 0.208. The van der Waals surface area contributed by atoms with Crippen LogP contribution >= 0.6 is 0 Å². The molecule has 0 heterocycles. The second kappa shape index (κ2) is 12.4. The fourth-order valence-electron chi connectivity index (χ4n) is 2.53. The summed E-state index contributed by atoms with van der Waals surface area (Å²) in [5.74, 6) is -3.73. The highest BCUT2D eigenvalue weighted by atomic mass is 16.6. The number of non-ortho nitro benzene ring substituents is 1. The number of nitro benzene ring substituents is 1. The second-order valence-corrected chi connectivity index (χ2v) is 5.89. The van der Waals surface area contributed by atoms with Gasteiger partial charge in [-0.3, -0.25) is 19.7 Å². The molecule has 11 heteroatoms. The van der Waals surface area contributed by atoms with E-state index in [-0.39, 0.29) is 38.5 Å². The van der Waals surface area contributed by atoms with Crippen LogP contribution in [-0.4, -0.2) is 67.5 Å². The van der Waals surface area contributed by atoms with Gasteiger partial charge in [-0.05, 0) is 12.5 Å². The van der Waals surface area contributed by atoms with Gasteiger partial charge in [-0.15, -0.1) is 0 Å². The maximum absolute atomic E-state index is 12.1. The van der Waals surface area contributed by atoms with Gasteiger partial charge in [0.25, 0.3) is 5.69 Å². The van der Waals surface area contributed by atoms with Gasteiger partial charge in [0.05, 0.1) is 31.2 Å². The number of ether oxygens (including phenoxy) is 3. The Bertz CT molecular complexity index is 706. The van der Waals surface area contributed by atoms with Crippen molar-refractivity contribution >= 4 is 23.5 Å². The molecule has 0 fully saturated rings. The molecule has 1 aromatic rings. The summed E-state index contributed by atoms with van der Waals surface area (Å²) in [5, 5.41) is 22.8. The third kappa shape index (κ3) is 8.23. The molecule has 0 saturated heterocycles. The maximum atomic E-state index is 12.1. The molecule has 11 nitrogen and oxygen atoms in total. The predicted molar refractivity (Wildman–Crippen MR) is 99.3 cm³/mol. The van der Waals surface area contributed by atoms with Crippen LogP contribution in [0.5, 0.6) is 0 Å². The molecule has 1 amide bonds. The number of carbonyl (C=O) groups excluding carboxylic acids is 2. The molecule has 2 N–H and O–H groups in total. The molecular formula is C18H24N2O9. The number of methoxy groups -OCH3 is 1. The lowest BCUT2D eigenvalue weighted by atomic mass is 9.88. The Labute approximate surface area is 167 Å². The van der Waals surface area contributed by atoms with Crippen molar-refractivity contribution in [2.45, 2.75) is 25.3 Å². The molecule has 0 saturated carbocycles. The summed E-state index contributed by atoms with van der Waals surface area (Å²) in [6.07, 6.45) is -0.340. The van der Waals surface area contributed by atoms with E-state index in [2.05, 4.69) is 5.32 Å². The minimum atomic E-state index is -1.47. The number of hydrogen-bond acceptors (Lipinski definition) is 8. The van der Waals surface area contributed by atoms with Crippen LogP contribution in [-0.2, 0) is 28.6 Å². The molecule has 0 unspecified atom stereocenters. The van der Waals surface area contributed by atoms with Crippen LogP contribution in [0, 0.1) is 10.1 Å². The van der Waals surface area contributed by atoms with Crippen LogP contribution in [0.25, 0.3) is 0 Å². The van der Waals surface area contributed by atoms with Crippen molar-refractivity contribution in [2.24, 2.45) is 0 Å². The van der Waals surface area contributed by atoms with Crippen LogP contribution in [0.2, 0.25) is 0 Å². The lowest BCUT2D eigenvalue weighted by Crippen LogP contribution is -2.47. The highest BCUT2D eigenvalue weighted by Crippen LogP contribution is 2.27. The maximum Gasteiger partial charge on any atom is 0.326 e. The number of aliphatic carboxylic acids is 1. The highest BCUT2D eigenvalue weighted by Gasteiger charge is 2.33. The number of nitrogens with one attached hydrogen (secondary N) is 1. The Morgan fingerprint density at radius 1 is 1.21 bits per heavy atom. The molecule has 0 bridgehead atoms. The molecule has 0 spiro atoms. The molecule has 2 atom stereocenters. The largest absolute Gasteiger partial charge is 0.480 e. The number of hydrogen-bond donors (Lipinski definition) is 2. The minimum Gasteiger partial charge on any atom is -0.480 e. The monoisotopic (exact) mass is 412 g/mol. The molecule has 1 rings (SSSR count). The van der Waals surface area contributed by atoms with Gasteiger partial charge in [0.2, 0.25) is 5.91 Å². The molecule has 29 heavy (non-hydrogen) atoms. The van der Waals surface area contributed by atoms with Crippen molar-refractivity contribution < 1.29 is 38.6 Å². The summed E-state index contributed by atoms with van der Waals surface area (Å²) in [5.41, 5.74) is 0.141. The van der Waals surface area contributed by atoms with Gasteiger partial charge in [0, 0.05) is 25.2 Å². The minimum absolute atomic E-state index is 0.100. The standard InChI is InChI=1S/C18H24N2O9/c1-3-29-16(22)10-14(12-4-6-13(7-5-12)20(25)26)17(18(23)24)19-15(21)11-28-9-8-27-2/h4-7,14,17H,3,8-11H2,1-2H3,(H,19,21)(H,23,24)/t14-,17-/m1/s1. The predicted octanol–water partition coefficient (Wildman–Crippen LogP) is 0.864. The van der Waals surface area contributed by atoms with Crippen molar-refractivity contribution in [1.29, 1.82) is 0 Å². The first-order chi connectivity index (χ1) is 13.8. The van der Waals surface area contributed by atoms with Crippen LogP contribution in [0.3, 0.4) is 0 Å². The summed E-state index contributed by atoms with van der Waals surface area (Å²) in [6.45, 7) is 1.73. The summed E-state index contributed by atoms with van der Waals surface area (Å²) < 4.78 is 14.7. The van der Waals surface area contributed by atoms with Crippen molar-refractivity contribution in [2.75, 3.05) is 33.5 Å². The smallest absolute Gasteiger partial charge is 0.326 e. The first-order valence-corrected chi connectivity index (χ1v) is 8.78. The summed E-state index contributed by atoms with van der Waals surface area (Å²) >= 11 is 0. The Kier molecular flexibility index (Phi) is 10.3. The second-order valence-electron chi connectivity index (χ2n) is 5.89. The van der Waals surface area contributed by atoms with E-state index in [1.807, 2.05) is 0 Å². The van der Waals surface area contributed by atoms with Crippen LogP contribution < -0.4 is 5.32 Å². The number of nitro groups is 1. The summed E-state index contributed by atoms with van der Waals surface area (Å²) in [4.78, 5) is 46.1.